The van der Waals surface area contributed by atoms with Crippen LogP contribution in [0.1, 0.15) is 35.6 Å². The quantitative estimate of drug-likeness (QED) is 0.564. The highest BCUT2D eigenvalue weighted by Crippen LogP contribution is 2.43. The van der Waals surface area contributed by atoms with Crippen molar-refractivity contribution in [3.05, 3.63) is 73.4 Å². The lowest BCUT2D eigenvalue weighted by Gasteiger charge is -2.38. The van der Waals surface area contributed by atoms with E-state index in [9.17, 15) is 14.7 Å². The zero-order chi connectivity index (χ0) is 24.1. The Balaban J connectivity index is 1.69. The predicted molar refractivity (Wildman–Crippen MR) is 130 cm³/mol. The SMILES string of the molecule is Cc1c(C)c2c(c(C)c1O)CCC(C)(CNc1c(N)n(-c3ccccc3)c(=O)n(C)c1=O)O2. The Kier molecular flexibility index (Phi) is 5.47. The maximum Gasteiger partial charge on any atom is 0.337 e. The minimum Gasteiger partial charge on any atom is -0.507 e. The van der Waals surface area contributed by atoms with Crippen molar-refractivity contribution in [1.29, 1.82) is 0 Å². The molecule has 4 rings (SSSR count). The Bertz CT molecular complexity index is 1360. The molecule has 1 atom stereocenters. The third-order valence-electron chi connectivity index (χ3n) is 6.74. The van der Waals surface area contributed by atoms with Crippen LogP contribution in [-0.4, -0.2) is 26.4 Å². The highest BCUT2D eigenvalue weighted by Gasteiger charge is 2.35. The highest BCUT2D eigenvalue weighted by atomic mass is 16.5. The van der Waals surface area contributed by atoms with Gasteiger partial charge in [0.05, 0.1) is 12.2 Å². The number of rotatable bonds is 4. The molecule has 8 heteroatoms. The van der Waals surface area contributed by atoms with E-state index in [0.29, 0.717) is 24.4 Å². The third-order valence-corrected chi connectivity index (χ3v) is 6.74. The van der Waals surface area contributed by atoms with E-state index in [1.54, 1.807) is 24.3 Å². The average Bonchev–Trinajstić information content (AvgIpc) is 2.80. The van der Waals surface area contributed by atoms with E-state index < -0.39 is 16.9 Å². The number of anilines is 2. The molecule has 1 aliphatic heterocycles. The van der Waals surface area contributed by atoms with Gasteiger partial charge in [-0.05, 0) is 69.4 Å². The Morgan fingerprint density at radius 1 is 1.12 bits per heavy atom. The van der Waals surface area contributed by atoms with Crippen LogP contribution < -0.4 is 27.0 Å². The Morgan fingerprint density at radius 2 is 1.79 bits per heavy atom. The summed E-state index contributed by atoms with van der Waals surface area (Å²) in [6.07, 6.45) is 1.43. The van der Waals surface area contributed by atoms with Crippen LogP contribution in [0.2, 0.25) is 0 Å². The number of benzene rings is 2. The smallest absolute Gasteiger partial charge is 0.337 e. The lowest BCUT2D eigenvalue weighted by molar-refractivity contribution is 0.0767. The summed E-state index contributed by atoms with van der Waals surface area (Å²) in [5.41, 5.74) is 9.02. The van der Waals surface area contributed by atoms with Crippen LogP contribution in [0.5, 0.6) is 11.5 Å². The van der Waals surface area contributed by atoms with E-state index in [4.69, 9.17) is 10.5 Å². The third kappa shape index (κ3) is 3.65. The predicted octanol–water partition coefficient (Wildman–Crippen LogP) is 2.95. The molecule has 2 aromatic carbocycles. The fourth-order valence-corrected chi connectivity index (χ4v) is 4.42. The fraction of sp³-hybridized carbons (Fsp3) is 0.360. The number of hydrogen-bond acceptors (Lipinski definition) is 6. The van der Waals surface area contributed by atoms with Crippen molar-refractivity contribution < 1.29 is 9.84 Å². The first-order valence-corrected chi connectivity index (χ1v) is 11.0. The van der Waals surface area contributed by atoms with Gasteiger partial charge in [0.2, 0.25) is 0 Å². The first kappa shape index (κ1) is 22.5. The summed E-state index contributed by atoms with van der Waals surface area (Å²) in [4.78, 5) is 25.7. The molecular weight excluding hydrogens is 420 g/mol. The van der Waals surface area contributed by atoms with Gasteiger partial charge in [-0.25, -0.2) is 9.36 Å². The molecule has 0 fully saturated rings. The van der Waals surface area contributed by atoms with Crippen molar-refractivity contribution in [3.63, 3.8) is 0 Å². The standard InChI is InChI=1S/C25H30N4O4/c1-14-15(2)21-18(16(3)20(14)30)11-12-25(4,33-21)13-27-19-22(26)29(17-9-7-6-8-10-17)24(32)28(5)23(19)31/h6-10,27,30H,11-13,26H2,1-5H3. The molecule has 8 nitrogen and oxygen atoms in total. The number of aromatic hydroxyl groups is 1. The van der Waals surface area contributed by atoms with Crippen LogP contribution in [0.25, 0.3) is 5.69 Å². The molecule has 174 valence electrons. The molecule has 4 N–H and O–H groups in total. The number of phenols is 1. The van der Waals surface area contributed by atoms with Crippen LogP contribution in [0.15, 0.2) is 39.9 Å². The number of hydrogen-bond donors (Lipinski definition) is 3. The lowest BCUT2D eigenvalue weighted by atomic mass is 9.87. The molecule has 0 amide bonds. The van der Waals surface area contributed by atoms with Gasteiger partial charge in [-0.1, -0.05) is 18.2 Å². The number of aromatic nitrogens is 2. The van der Waals surface area contributed by atoms with Gasteiger partial charge in [0, 0.05) is 12.6 Å². The van der Waals surface area contributed by atoms with E-state index in [1.165, 1.54) is 11.6 Å². The van der Waals surface area contributed by atoms with Crippen LogP contribution in [0, 0.1) is 20.8 Å². The van der Waals surface area contributed by atoms with Gasteiger partial charge in [-0.2, -0.15) is 0 Å². The minimum atomic E-state index is -0.612. The summed E-state index contributed by atoms with van der Waals surface area (Å²) in [5, 5.41) is 13.6. The van der Waals surface area contributed by atoms with Crippen molar-refractivity contribution >= 4 is 11.5 Å². The molecule has 0 saturated heterocycles. The first-order chi connectivity index (χ1) is 15.6. The number of nitrogens with zero attached hydrogens (tertiary/aromatic N) is 2. The van der Waals surface area contributed by atoms with Crippen LogP contribution in [-0.2, 0) is 13.5 Å². The zero-order valence-electron chi connectivity index (χ0n) is 19.7. The fourth-order valence-electron chi connectivity index (χ4n) is 4.42. The Labute approximate surface area is 192 Å². The van der Waals surface area contributed by atoms with Gasteiger partial charge in [-0.15, -0.1) is 0 Å². The molecule has 33 heavy (non-hydrogen) atoms. The zero-order valence-corrected chi connectivity index (χ0v) is 19.7. The number of ether oxygens (including phenoxy) is 1. The molecule has 0 aliphatic carbocycles. The monoisotopic (exact) mass is 450 g/mol. The normalized spacial score (nSPS) is 17.4. The van der Waals surface area contributed by atoms with Gasteiger partial charge in [-0.3, -0.25) is 9.36 Å². The summed E-state index contributed by atoms with van der Waals surface area (Å²) in [6, 6.07) is 8.97. The number of nitrogens with one attached hydrogen (secondary N) is 1. The van der Waals surface area contributed by atoms with E-state index in [1.807, 2.05) is 33.8 Å². The maximum atomic E-state index is 12.9. The van der Waals surface area contributed by atoms with E-state index >= 15 is 0 Å². The number of phenolic OH excluding ortho intramolecular Hbond substituents is 1. The summed E-state index contributed by atoms with van der Waals surface area (Å²) >= 11 is 0. The minimum absolute atomic E-state index is 0.0573. The van der Waals surface area contributed by atoms with Gasteiger partial charge in [0.25, 0.3) is 5.56 Å². The molecule has 0 saturated carbocycles. The molecule has 1 aliphatic rings. The Hall–Kier alpha value is -3.68. The summed E-state index contributed by atoms with van der Waals surface area (Å²) < 4.78 is 8.81. The lowest BCUT2D eigenvalue weighted by Crippen LogP contribution is -2.45. The van der Waals surface area contributed by atoms with Gasteiger partial charge >= 0.3 is 5.69 Å². The van der Waals surface area contributed by atoms with Crippen molar-refractivity contribution in [2.24, 2.45) is 7.05 Å². The number of fused-ring (bicyclic) bond motifs is 1. The average molecular weight is 451 g/mol. The summed E-state index contributed by atoms with van der Waals surface area (Å²) in [7, 11) is 1.44. The molecule has 0 bridgehead atoms. The highest BCUT2D eigenvalue weighted by molar-refractivity contribution is 5.64. The van der Waals surface area contributed by atoms with E-state index in [0.717, 1.165) is 39.0 Å². The molecule has 3 aromatic rings. The van der Waals surface area contributed by atoms with Crippen molar-refractivity contribution in [2.45, 2.75) is 46.1 Å². The molecule has 0 radical (unpaired) electrons. The van der Waals surface area contributed by atoms with E-state index in [-0.39, 0.29) is 11.5 Å². The topological polar surface area (TPSA) is 112 Å². The van der Waals surface area contributed by atoms with Crippen molar-refractivity contribution in [3.8, 4) is 17.2 Å². The molecule has 2 heterocycles. The Morgan fingerprint density at radius 3 is 2.45 bits per heavy atom. The number of nitrogens with two attached hydrogens (primary N) is 1. The van der Waals surface area contributed by atoms with Gasteiger partial charge in [0.1, 0.15) is 28.6 Å². The van der Waals surface area contributed by atoms with Crippen LogP contribution in [0.3, 0.4) is 0 Å². The first-order valence-electron chi connectivity index (χ1n) is 11.0. The second-order valence-electron chi connectivity index (χ2n) is 9.01. The molecule has 1 unspecified atom stereocenters. The van der Waals surface area contributed by atoms with Crippen molar-refractivity contribution in [2.75, 3.05) is 17.6 Å². The molecule has 0 spiro atoms. The second-order valence-corrected chi connectivity index (χ2v) is 9.01. The van der Waals surface area contributed by atoms with Gasteiger partial charge in [0.15, 0.2) is 0 Å². The summed E-state index contributed by atoms with van der Waals surface area (Å²) in [5.74, 6) is 1.16. The maximum absolute atomic E-state index is 12.9. The van der Waals surface area contributed by atoms with Gasteiger partial charge < -0.3 is 20.9 Å². The largest absolute Gasteiger partial charge is 0.507 e. The van der Waals surface area contributed by atoms with Crippen LogP contribution >= 0.6 is 0 Å². The number of nitrogen functional groups attached to an aromatic ring is 1. The van der Waals surface area contributed by atoms with Crippen LogP contribution in [0.4, 0.5) is 11.5 Å². The van der Waals surface area contributed by atoms with Crippen molar-refractivity contribution in [1.82, 2.24) is 9.13 Å². The number of para-hydroxylation sites is 1. The summed E-state index contributed by atoms with van der Waals surface area (Å²) in [6.45, 7) is 8.02. The molecular formula is C25H30N4O4. The molecule has 1 aromatic heterocycles. The second kappa shape index (κ2) is 8.03. The van der Waals surface area contributed by atoms with E-state index in [2.05, 4.69) is 5.32 Å².